The average molecular weight is 402 g/mol. The first-order valence-electron chi connectivity index (χ1n) is 11.5. The zero-order valence-corrected chi connectivity index (χ0v) is 17.9. The van der Waals surface area contributed by atoms with Crippen LogP contribution in [0.3, 0.4) is 0 Å². The van der Waals surface area contributed by atoms with Crippen LogP contribution in [-0.2, 0) is 15.1 Å². The molecule has 1 aliphatic heterocycles. The molecule has 1 N–H and O–H groups in total. The topological polar surface area (TPSA) is 72.3 Å². The first-order chi connectivity index (χ1) is 14.0. The molecule has 4 saturated carbocycles. The number of amides is 1. The summed E-state index contributed by atoms with van der Waals surface area (Å²) in [5.74, 6) is 2.42. The molecule has 1 aromatic rings. The lowest BCUT2D eigenvalue weighted by atomic mass is 9.46. The van der Waals surface area contributed by atoms with E-state index in [1.807, 2.05) is 13.3 Å². The van der Waals surface area contributed by atoms with Crippen LogP contribution in [0.5, 0.6) is 0 Å². The maximum absolute atomic E-state index is 13.5. The van der Waals surface area contributed by atoms with E-state index < -0.39 is 0 Å². The molecule has 5 aliphatic rings. The lowest BCUT2D eigenvalue weighted by Gasteiger charge is -2.61. The third-order valence-electron chi connectivity index (χ3n) is 7.96. The highest BCUT2D eigenvalue weighted by atomic mass is 16.5. The fourth-order valence-corrected chi connectivity index (χ4v) is 6.97. The van der Waals surface area contributed by atoms with Crippen molar-refractivity contribution in [3.8, 4) is 0 Å². The number of rotatable bonds is 6. The molecule has 3 atom stereocenters. The van der Waals surface area contributed by atoms with Gasteiger partial charge in [0.25, 0.3) is 0 Å². The van der Waals surface area contributed by atoms with Crippen molar-refractivity contribution in [1.29, 1.82) is 0 Å². The van der Waals surface area contributed by atoms with Crippen molar-refractivity contribution in [1.82, 2.24) is 25.0 Å². The molecule has 4 bridgehead atoms. The van der Waals surface area contributed by atoms with Gasteiger partial charge in [-0.05, 0) is 70.6 Å². The Balaban J connectivity index is 1.26. The molecule has 2 heterocycles. The smallest absolute Gasteiger partial charge is 0.226 e. The second-order valence-electron chi connectivity index (χ2n) is 10.3. The number of carbonyl (C=O) groups excluding carboxylic acids is 1. The third-order valence-corrected chi connectivity index (χ3v) is 7.96. The number of carbonyl (C=O) groups is 1. The fraction of sp³-hybridized carbons (Fsp3) is 0.864. The van der Waals surface area contributed by atoms with Gasteiger partial charge in [-0.1, -0.05) is 0 Å². The van der Waals surface area contributed by atoms with Gasteiger partial charge in [0.05, 0.1) is 24.2 Å². The summed E-state index contributed by atoms with van der Waals surface area (Å²) in [5, 5.41) is 8.10. The Labute approximate surface area is 173 Å². The highest BCUT2D eigenvalue weighted by molar-refractivity contribution is 5.83. The highest BCUT2D eigenvalue weighted by Gasteiger charge is 2.61. The predicted molar refractivity (Wildman–Crippen MR) is 109 cm³/mol. The van der Waals surface area contributed by atoms with Crippen LogP contribution in [0.15, 0.2) is 6.33 Å². The summed E-state index contributed by atoms with van der Waals surface area (Å²) >= 11 is 0. The number of nitrogens with one attached hydrogen (secondary N) is 1. The molecular formula is C22H35N5O2. The quantitative estimate of drug-likeness (QED) is 0.790. The maximum Gasteiger partial charge on any atom is 0.226 e. The summed E-state index contributed by atoms with van der Waals surface area (Å²) in [6.07, 6.45) is 9.56. The molecule has 29 heavy (non-hydrogen) atoms. The van der Waals surface area contributed by atoms with Gasteiger partial charge in [0.1, 0.15) is 12.2 Å². The molecule has 7 nitrogen and oxygen atoms in total. The van der Waals surface area contributed by atoms with Crippen molar-refractivity contribution in [2.45, 2.75) is 70.4 Å². The van der Waals surface area contributed by atoms with Gasteiger partial charge in [0.15, 0.2) is 0 Å². The molecule has 1 amide bonds. The van der Waals surface area contributed by atoms with Crippen molar-refractivity contribution in [2.24, 2.45) is 17.3 Å². The Kier molecular flexibility index (Phi) is 4.93. The van der Waals surface area contributed by atoms with Crippen LogP contribution in [0.2, 0.25) is 0 Å². The van der Waals surface area contributed by atoms with Crippen molar-refractivity contribution in [3.63, 3.8) is 0 Å². The lowest BCUT2D eigenvalue weighted by Crippen LogP contribution is -2.61. The number of hydrogen-bond acceptors (Lipinski definition) is 5. The van der Waals surface area contributed by atoms with Crippen LogP contribution in [-0.4, -0.2) is 64.5 Å². The molecule has 160 valence electrons. The number of aryl methyl sites for hydroxylation is 1. The van der Waals surface area contributed by atoms with E-state index in [4.69, 9.17) is 9.84 Å². The van der Waals surface area contributed by atoms with E-state index in [9.17, 15) is 4.79 Å². The Morgan fingerprint density at radius 2 is 2.00 bits per heavy atom. The number of nitrogens with zero attached hydrogens (tertiary/aromatic N) is 4. The first kappa shape index (κ1) is 19.5. The number of ether oxygens (including phenoxy) is 1. The molecule has 0 spiro atoms. The van der Waals surface area contributed by atoms with Gasteiger partial charge in [-0.25, -0.2) is 9.67 Å². The van der Waals surface area contributed by atoms with E-state index in [1.54, 1.807) is 0 Å². The molecule has 1 saturated heterocycles. The van der Waals surface area contributed by atoms with E-state index in [0.29, 0.717) is 17.7 Å². The molecular weight excluding hydrogens is 366 g/mol. The number of morpholine rings is 1. The van der Waals surface area contributed by atoms with Gasteiger partial charge >= 0.3 is 0 Å². The van der Waals surface area contributed by atoms with Crippen molar-refractivity contribution >= 4 is 5.91 Å². The highest BCUT2D eigenvalue weighted by Crippen LogP contribution is 2.64. The molecule has 4 aliphatic carbocycles. The number of aromatic nitrogens is 3. The van der Waals surface area contributed by atoms with Gasteiger partial charge < -0.3 is 10.1 Å². The Morgan fingerprint density at radius 1 is 1.28 bits per heavy atom. The molecule has 0 aromatic carbocycles. The predicted octanol–water partition coefficient (Wildman–Crippen LogP) is 2.11. The van der Waals surface area contributed by atoms with Crippen LogP contribution >= 0.6 is 0 Å². The minimum Gasteiger partial charge on any atom is -0.379 e. The maximum atomic E-state index is 13.5. The number of hydrogen-bond donors (Lipinski definition) is 1. The Hall–Kier alpha value is -1.47. The second kappa shape index (κ2) is 7.34. The summed E-state index contributed by atoms with van der Waals surface area (Å²) in [6.45, 7) is 8.82. The van der Waals surface area contributed by atoms with Crippen LogP contribution in [0, 0.1) is 24.2 Å². The minimum atomic E-state index is -0.211. The van der Waals surface area contributed by atoms with Gasteiger partial charge in [-0.3, -0.25) is 9.69 Å². The average Bonchev–Trinajstić information content (AvgIpc) is 3.13. The van der Waals surface area contributed by atoms with Crippen LogP contribution in [0.1, 0.15) is 57.7 Å². The minimum absolute atomic E-state index is 0.000275. The van der Waals surface area contributed by atoms with Gasteiger partial charge in [0, 0.05) is 25.7 Å². The van der Waals surface area contributed by atoms with E-state index in [1.165, 1.54) is 6.42 Å². The molecule has 5 fully saturated rings. The normalized spacial score (nSPS) is 37.6. The fourth-order valence-electron chi connectivity index (χ4n) is 6.97. The van der Waals surface area contributed by atoms with E-state index >= 15 is 0 Å². The van der Waals surface area contributed by atoms with Crippen molar-refractivity contribution in [3.05, 3.63) is 12.2 Å². The summed E-state index contributed by atoms with van der Waals surface area (Å²) < 4.78 is 7.55. The zero-order chi connectivity index (χ0) is 20.1. The summed E-state index contributed by atoms with van der Waals surface area (Å²) in [5.41, 5.74) is -0.211. The molecule has 1 aromatic heterocycles. The largest absolute Gasteiger partial charge is 0.379 e. The van der Waals surface area contributed by atoms with Gasteiger partial charge in [-0.2, -0.15) is 5.10 Å². The van der Waals surface area contributed by atoms with Crippen LogP contribution < -0.4 is 5.32 Å². The second-order valence-corrected chi connectivity index (χ2v) is 10.3. The van der Waals surface area contributed by atoms with E-state index in [-0.39, 0.29) is 17.0 Å². The standard InChI is InChI=1S/C22H35N5O2/c1-16(3-4-26-5-7-29-8-6-26)24-20(28)21-10-18-9-19(11-21)13-22(12-18,14-21)27-15-23-17(2)25-27/h15-16,18-19H,3-14H2,1-2H3,(H,24,28). The van der Waals surface area contributed by atoms with Gasteiger partial charge in [-0.15, -0.1) is 0 Å². The summed E-state index contributed by atoms with van der Waals surface area (Å²) in [4.78, 5) is 20.4. The third kappa shape index (κ3) is 3.61. The first-order valence-corrected chi connectivity index (χ1v) is 11.5. The summed E-state index contributed by atoms with van der Waals surface area (Å²) in [6, 6.07) is 0.211. The van der Waals surface area contributed by atoms with Crippen molar-refractivity contribution in [2.75, 3.05) is 32.8 Å². The zero-order valence-electron chi connectivity index (χ0n) is 17.9. The monoisotopic (exact) mass is 401 g/mol. The van der Waals surface area contributed by atoms with Crippen LogP contribution in [0.25, 0.3) is 0 Å². The van der Waals surface area contributed by atoms with E-state index in [2.05, 4.69) is 26.8 Å². The lowest BCUT2D eigenvalue weighted by molar-refractivity contribution is -0.156. The Morgan fingerprint density at radius 3 is 2.66 bits per heavy atom. The molecule has 7 heteroatoms. The van der Waals surface area contributed by atoms with Crippen molar-refractivity contribution < 1.29 is 9.53 Å². The Bertz CT molecular complexity index is 742. The van der Waals surface area contributed by atoms with Gasteiger partial charge in [0.2, 0.25) is 5.91 Å². The van der Waals surface area contributed by atoms with E-state index in [0.717, 1.165) is 77.2 Å². The molecule has 3 unspecified atom stereocenters. The van der Waals surface area contributed by atoms with Crippen LogP contribution in [0.4, 0.5) is 0 Å². The SMILES string of the molecule is Cc1ncn(C23CC4CC(CC(C(=O)NC(C)CCN5CCOCC5)(C4)C2)C3)n1. The molecule has 6 rings (SSSR count). The summed E-state index contributed by atoms with van der Waals surface area (Å²) in [7, 11) is 0. The molecule has 0 radical (unpaired) electrons.